The number of tetrazole rings is 1. The first kappa shape index (κ1) is 14.4. The largest absolute Gasteiger partial charge is 0.346 e. The van der Waals surface area contributed by atoms with Crippen molar-refractivity contribution in [2.24, 2.45) is 0 Å². The Morgan fingerprint density at radius 2 is 2.18 bits per heavy atom. The number of aromatic amines is 1. The molecule has 22 heavy (non-hydrogen) atoms. The molecule has 1 aromatic heterocycles. The molecule has 1 atom stereocenters. The van der Waals surface area contributed by atoms with E-state index in [0.29, 0.717) is 17.0 Å². The Morgan fingerprint density at radius 1 is 1.32 bits per heavy atom. The van der Waals surface area contributed by atoms with E-state index >= 15 is 0 Å². The number of rotatable bonds is 4. The van der Waals surface area contributed by atoms with Crippen molar-refractivity contribution < 1.29 is 4.79 Å². The number of carbonyl (C=O) groups excluding carboxylic acids is 1. The van der Waals surface area contributed by atoms with Crippen LogP contribution in [0, 0.1) is 0 Å². The summed E-state index contributed by atoms with van der Waals surface area (Å²) in [5, 5.41) is 17.0. The van der Waals surface area contributed by atoms with Crippen LogP contribution in [-0.4, -0.2) is 32.6 Å². The SMILES string of the molecule is CC(NC(=O)c1ccccc1-c1nn[nH]n1)C1=CCCCC1. The highest BCUT2D eigenvalue weighted by atomic mass is 16.1. The Balaban J connectivity index is 1.79. The highest BCUT2D eigenvalue weighted by Gasteiger charge is 2.19. The molecule has 6 nitrogen and oxygen atoms in total. The number of aromatic nitrogens is 4. The lowest BCUT2D eigenvalue weighted by molar-refractivity contribution is 0.0945. The molecule has 1 unspecified atom stereocenters. The Labute approximate surface area is 129 Å². The first-order valence-corrected chi connectivity index (χ1v) is 7.58. The maximum Gasteiger partial charge on any atom is 0.252 e. The van der Waals surface area contributed by atoms with Gasteiger partial charge in [-0.15, -0.1) is 10.2 Å². The molecule has 1 aliphatic rings. The summed E-state index contributed by atoms with van der Waals surface area (Å²) in [7, 11) is 0. The molecule has 0 fully saturated rings. The molecular weight excluding hydrogens is 278 g/mol. The second kappa shape index (κ2) is 6.51. The van der Waals surface area contributed by atoms with Crippen molar-refractivity contribution in [2.45, 2.75) is 38.6 Å². The van der Waals surface area contributed by atoms with Crippen LogP contribution in [0.3, 0.4) is 0 Å². The molecule has 2 N–H and O–H groups in total. The van der Waals surface area contributed by atoms with Gasteiger partial charge in [0.25, 0.3) is 5.91 Å². The molecule has 0 aliphatic heterocycles. The van der Waals surface area contributed by atoms with Crippen molar-refractivity contribution >= 4 is 5.91 Å². The quantitative estimate of drug-likeness (QED) is 0.849. The third kappa shape index (κ3) is 3.05. The van der Waals surface area contributed by atoms with Gasteiger partial charge in [-0.25, -0.2) is 0 Å². The summed E-state index contributed by atoms with van der Waals surface area (Å²) < 4.78 is 0. The van der Waals surface area contributed by atoms with Crippen LogP contribution in [0.2, 0.25) is 0 Å². The number of hydrogen-bond acceptors (Lipinski definition) is 4. The molecule has 1 heterocycles. The van der Waals surface area contributed by atoms with E-state index in [-0.39, 0.29) is 11.9 Å². The Bertz CT molecular complexity index is 678. The minimum Gasteiger partial charge on any atom is -0.346 e. The number of nitrogens with zero attached hydrogens (tertiary/aromatic N) is 3. The van der Waals surface area contributed by atoms with Gasteiger partial charge in [0.15, 0.2) is 0 Å². The molecule has 0 saturated heterocycles. The summed E-state index contributed by atoms with van der Waals surface area (Å²) in [6, 6.07) is 7.34. The van der Waals surface area contributed by atoms with E-state index in [1.807, 2.05) is 25.1 Å². The van der Waals surface area contributed by atoms with Gasteiger partial charge in [-0.05, 0) is 43.9 Å². The lowest BCUT2D eigenvalue weighted by Gasteiger charge is -2.21. The predicted octanol–water partition coefficient (Wildman–Crippen LogP) is 2.49. The molecule has 1 aliphatic carbocycles. The van der Waals surface area contributed by atoms with E-state index in [1.165, 1.54) is 18.4 Å². The summed E-state index contributed by atoms with van der Waals surface area (Å²) >= 11 is 0. The molecule has 0 bridgehead atoms. The monoisotopic (exact) mass is 297 g/mol. The minimum atomic E-state index is -0.112. The number of amides is 1. The van der Waals surface area contributed by atoms with Gasteiger partial charge in [-0.1, -0.05) is 29.8 Å². The second-order valence-corrected chi connectivity index (χ2v) is 5.50. The van der Waals surface area contributed by atoms with Gasteiger partial charge >= 0.3 is 0 Å². The summed E-state index contributed by atoms with van der Waals surface area (Å²) in [4.78, 5) is 12.6. The van der Waals surface area contributed by atoms with Crippen LogP contribution in [0.15, 0.2) is 35.9 Å². The topological polar surface area (TPSA) is 83.6 Å². The Hall–Kier alpha value is -2.50. The maximum absolute atomic E-state index is 12.6. The lowest BCUT2D eigenvalue weighted by atomic mass is 9.94. The molecule has 114 valence electrons. The van der Waals surface area contributed by atoms with Gasteiger partial charge < -0.3 is 5.32 Å². The average Bonchev–Trinajstić information content (AvgIpc) is 3.10. The fraction of sp³-hybridized carbons (Fsp3) is 0.375. The zero-order valence-corrected chi connectivity index (χ0v) is 12.5. The summed E-state index contributed by atoms with van der Waals surface area (Å²) in [5.74, 6) is 0.314. The second-order valence-electron chi connectivity index (χ2n) is 5.50. The standard InChI is InChI=1S/C16H19N5O/c1-11(12-7-3-2-4-8-12)17-16(22)14-10-6-5-9-13(14)15-18-20-21-19-15/h5-7,9-11H,2-4,8H2,1H3,(H,17,22)(H,18,19,20,21). The number of H-pyrrole nitrogens is 1. The van der Waals surface area contributed by atoms with Crippen LogP contribution in [0.25, 0.3) is 11.4 Å². The van der Waals surface area contributed by atoms with Crippen LogP contribution >= 0.6 is 0 Å². The number of nitrogens with one attached hydrogen (secondary N) is 2. The highest BCUT2D eigenvalue weighted by molar-refractivity contribution is 6.00. The molecule has 3 rings (SSSR count). The van der Waals surface area contributed by atoms with Gasteiger partial charge in [0.1, 0.15) is 0 Å². The fourth-order valence-corrected chi connectivity index (χ4v) is 2.78. The van der Waals surface area contributed by atoms with Crippen molar-refractivity contribution in [3.05, 3.63) is 41.5 Å². The summed E-state index contributed by atoms with van der Waals surface area (Å²) in [5.41, 5.74) is 2.56. The first-order chi connectivity index (χ1) is 10.8. The van der Waals surface area contributed by atoms with E-state index in [0.717, 1.165) is 12.8 Å². The molecule has 0 saturated carbocycles. The molecular formula is C16H19N5O. The van der Waals surface area contributed by atoms with Crippen LogP contribution in [0.4, 0.5) is 0 Å². The third-order valence-electron chi connectivity index (χ3n) is 3.99. The van der Waals surface area contributed by atoms with E-state index in [4.69, 9.17) is 0 Å². The highest BCUT2D eigenvalue weighted by Crippen LogP contribution is 2.22. The van der Waals surface area contributed by atoms with Crippen LogP contribution in [0.1, 0.15) is 43.0 Å². The number of benzene rings is 1. The maximum atomic E-state index is 12.6. The van der Waals surface area contributed by atoms with E-state index in [2.05, 4.69) is 32.0 Å². The van der Waals surface area contributed by atoms with Gasteiger partial charge in [-0.3, -0.25) is 4.79 Å². The smallest absolute Gasteiger partial charge is 0.252 e. The van der Waals surface area contributed by atoms with Crippen molar-refractivity contribution in [2.75, 3.05) is 0 Å². The number of hydrogen-bond donors (Lipinski definition) is 2. The molecule has 2 aromatic rings. The van der Waals surface area contributed by atoms with E-state index < -0.39 is 0 Å². The van der Waals surface area contributed by atoms with Crippen LogP contribution < -0.4 is 5.32 Å². The van der Waals surface area contributed by atoms with Crippen LogP contribution in [-0.2, 0) is 0 Å². The third-order valence-corrected chi connectivity index (χ3v) is 3.99. The fourth-order valence-electron chi connectivity index (χ4n) is 2.78. The minimum absolute atomic E-state index is 0.0473. The van der Waals surface area contributed by atoms with Gasteiger partial charge in [0, 0.05) is 11.6 Å². The molecule has 6 heteroatoms. The molecule has 1 amide bonds. The van der Waals surface area contributed by atoms with Gasteiger partial charge in [0.2, 0.25) is 5.82 Å². The van der Waals surface area contributed by atoms with Crippen LogP contribution in [0.5, 0.6) is 0 Å². The Morgan fingerprint density at radius 3 is 2.91 bits per heavy atom. The first-order valence-electron chi connectivity index (χ1n) is 7.58. The van der Waals surface area contributed by atoms with Gasteiger partial charge in [0.05, 0.1) is 5.56 Å². The Kier molecular flexibility index (Phi) is 4.27. The van der Waals surface area contributed by atoms with Crippen molar-refractivity contribution in [1.82, 2.24) is 25.9 Å². The van der Waals surface area contributed by atoms with Crippen molar-refractivity contribution in [3.63, 3.8) is 0 Å². The number of allylic oxidation sites excluding steroid dienone is 1. The van der Waals surface area contributed by atoms with E-state index in [9.17, 15) is 4.79 Å². The lowest BCUT2D eigenvalue weighted by Crippen LogP contribution is -2.34. The van der Waals surface area contributed by atoms with Crippen molar-refractivity contribution in [3.8, 4) is 11.4 Å². The van der Waals surface area contributed by atoms with Crippen molar-refractivity contribution in [1.29, 1.82) is 0 Å². The zero-order valence-electron chi connectivity index (χ0n) is 12.5. The van der Waals surface area contributed by atoms with Gasteiger partial charge in [-0.2, -0.15) is 5.21 Å². The predicted molar refractivity (Wildman–Crippen MR) is 83.1 cm³/mol. The summed E-state index contributed by atoms with van der Waals surface area (Å²) in [6.45, 7) is 2.03. The summed E-state index contributed by atoms with van der Waals surface area (Å²) in [6.07, 6.45) is 6.86. The molecule has 1 aromatic carbocycles. The molecule has 0 radical (unpaired) electrons. The zero-order chi connectivity index (χ0) is 15.4. The normalized spacial score (nSPS) is 16.0. The molecule has 0 spiro atoms. The van der Waals surface area contributed by atoms with E-state index in [1.54, 1.807) is 6.07 Å². The number of carbonyl (C=O) groups is 1. The average molecular weight is 297 g/mol.